The second-order valence-electron chi connectivity index (χ2n) is 4.37. The van der Waals surface area contributed by atoms with Gasteiger partial charge in [-0.25, -0.2) is 0 Å². The molecule has 1 saturated heterocycles. The maximum Gasteiger partial charge on any atom is 0.0110 e. The molecule has 2 nitrogen and oxygen atoms in total. The largest absolute Gasteiger partial charge is 0.314 e. The highest BCUT2D eigenvalue weighted by Gasteiger charge is 2.18. The van der Waals surface area contributed by atoms with Crippen LogP contribution in [0.25, 0.3) is 0 Å². The van der Waals surface area contributed by atoms with Gasteiger partial charge in [0.05, 0.1) is 0 Å². The highest BCUT2D eigenvalue weighted by molar-refractivity contribution is 4.76. The third-order valence-electron chi connectivity index (χ3n) is 3.18. The maximum atomic E-state index is 3.43. The second kappa shape index (κ2) is 7.24. The molecule has 84 valence electrons. The van der Waals surface area contributed by atoms with Crippen molar-refractivity contribution >= 4 is 0 Å². The van der Waals surface area contributed by atoms with Crippen LogP contribution in [0.1, 0.15) is 46.0 Å². The molecule has 1 aliphatic rings. The van der Waals surface area contributed by atoms with Crippen molar-refractivity contribution in [3.05, 3.63) is 0 Å². The minimum Gasteiger partial charge on any atom is -0.314 e. The summed E-state index contributed by atoms with van der Waals surface area (Å²) in [7, 11) is 0. The van der Waals surface area contributed by atoms with Crippen LogP contribution in [0.15, 0.2) is 0 Å². The van der Waals surface area contributed by atoms with Crippen LogP contribution < -0.4 is 5.32 Å². The smallest absolute Gasteiger partial charge is 0.0110 e. The van der Waals surface area contributed by atoms with Crippen LogP contribution in [-0.4, -0.2) is 37.1 Å². The van der Waals surface area contributed by atoms with E-state index in [1.165, 1.54) is 58.3 Å². The van der Waals surface area contributed by atoms with Gasteiger partial charge in [0.2, 0.25) is 0 Å². The van der Waals surface area contributed by atoms with Crippen LogP contribution in [-0.2, 0) is 0 Å². The van der Waals surface area contributed by atoms with Crippen molar-refractivity contribution in [3.63, 3.8) is 0 Å². The lowest BCUT2D eigenvalue weighted by Gasteiger charge is -2.35. The van der Waals surface area contributed by atoms with E-state index in [1.807, 2.05) is 0 Å². The number of hydrogen-bond acceptors (Lipinski definition) is 2. The zero-order valence-corrected chi connectivity index (χ0v) is 9.89. The average Bonchev–Trinajstić information content (AvgIpc) is 2.25. The first-order valence-corrected chi connectivity index (χ1v) is 6.33. The van der Waals surface area contributed by atoms with Gasteiger partial charge in [-0.2, -0.15) is 0 Å². The quantitative estimate of drug-likeness (QED) is 0.704. The van der Waals surface area contributed by atoms with Gasteiger partial charge in [-0.05, 0) is 12.8 Å². The number of rotatable bonds is 6. The van der Waals surface area contributed by atoms with Crippen molar-refractivity contribution in [2.75, 3.05) is 26.2 Å². The summed E-state index contributed by atoms with van der Waals surface area (Å²) >= 11 is 0. The van der Waals surface area contributed by atoms with Gasteiger partial charge in [-0.3, -0.25) is 4.90 Å². The van der Waals surface area contributed by atoms with E-state index < -0.39 is 0 Å². The molecule has 0 radical (unpaired) electrons. The van der Waals surface area contributed by atoms with Gasteiger partial charge in [0.15, 0.2) is 0 Å². The minimum atomic E-state index is 0.863. The summed E-state index contributed by atoms with van der Waals surface area (Å²) < 4.78 is 0. The lowest BCUT2D eigenvalue weighted by atomic mass is 10.0. The predicted molar refractivity (Wildman–Crippen MR) is 62.7 cm³/mol. The summed E-state index contributed by atoms with van der Waals surface area (Å²) in [4.78, 5) is 2.69. The zero-order valence-electron chi connectivity index (χ0n) is 9.89. The minimum absolute atomic E-state index is 0.863. The van der Waals surface area contributed by atoms with Crippen molar-refractivity contribution < 1.29 is 0 Å². The summed E-state index contributed by atoms with van der Waals surface area (Å²) in [5.41, 5.74) is 0. The third kappa shape index (κ3) is 3.97. The van der Waals surface area contributed by atoms with Crippen LogP contribution in [0.4, 0.5) is 0 Å². The third-order valence-corrected chi connectivity index (χ3v) is 3.18. The van der Waals surface area contributed by atoms with Crippen molar-refractivity contribution in [1.29, 1.82) is 0 Å². The Morgan fingerprint density at radius 3 is 2.36 bits per heavy atom. The summed E-state index contributed by atoms with van der Waals surface area (Å²) in [6.07, 6.45) is 6.86. The molecular formula is C12H26N2. The monoisotopic (exact) mass is 198 g/mol. The molecule has 14 heavy (non-hydrogen) atoms. The van der Waals surface area contributed by atoms with E-state index in [-0.39, 0.29) is 0 Å². The highest BCUT2D eigenvalue weighted by Crippen LogP contribution is 2.14. The summed E-state index contributed by atoms with van der Waals surface area (Å²) in [5.74, 6) is 0. The normalized spacial score (nSPS) is 21.0. The van der Waals surface area contributed by atoms with Crippen LogP contribution in [0.2, 0.25) is 0 Å². The van der Waals surface area contributed by atoms with E-state index in [1.54, 1.807) is 0 Å². The first-order chi connectivity index (χ1) is 6.88. The summed E-state index contributed by atoms with van der Waals surface area (Å²) in [6.45, 7) is 9.49. The molecule has 1 aliphatic heterocycles. The lowest BCUT2D eigenvalue weighted by Crippen LogP contribution is -2.48. The number of nitrogens with zero attached hydrogens (tertiary/aromatic N) is 1. The fraction of sp³-hybridized carbons (Fsp3) is 1.00. The molecule has 0 amide bonds. The Morgan fingerprint density at radius 1 is 1.07 bits per heavy atom. The molecule has 1 fully saturated rings. The van der Waals surface area contributed by atoms with Crippen molar-refractivity contribution in [1.82, 2.24) is 10.2 Å². The first kappa shape index (κ1) is 12.0. The number of piperazine rings is 1. The van der Waals surface area contributed by atoms with E-state index in [0.717, 1.165) is 6.04 Å². The van der Waals surface area contributed by atoms with Gasteiger partial charge in [0.1, 0.15) is 0 Å². The topological polar surface area (TPSA) is 15.3 Å². The van der Waals surface area contributed by atoms with Crippen LogP contribution in [0.5, 0.6) is 0 Å². The van der Waals surface area contributed by atoms with Gasteiger partial charge in [0.25, 0.3) is 0 Å². The van der Waals surface area contributed by atoms with Gasteiger partial charge >= 0.3 is 0 Å². The van der Waals surface area contributed by atoms with Gasteiger partial charge in [0, 0.05) is 32.2 Å². The van der Waals surface area contributed by atoms with Crippen LogP contribution in [0.3, 0.4) is 0 Å². The van der Waals surface area contributed by atoms with Crippen molar-refractivity contribution in [2.24, 2.45) is 0 Å². The Balaban J connectivity index is 2.30. The molecule has 1 N–H and O–H groups in total. The molecule has 1 heterocycles. The average molecular weight is 198 g/mol. The summed E-state index contributed by atoms with van der Waals surface area (Å²) in [5, 5.41) is 3.43. The summed E-state index contributed by atoms with van der Waals surface area (Å²) in [6, 6.07) is 0.863. The molecule has 1 unspecified atom stereocenters. The van der Waals surface area contributed by atoms with Crippen LogP contribution in [0, 0.1) is 0 Å². The standard InChI is InChI=1S/C12H26N2/c1-3-5-7-12(6-4-2)14-10-8-13-9-11-14/h12-13H,3-11H2,1-2H3. The Kier molecular flexibility index (Phi) is 6.20. The van der Waals surface area contributed by atoms with Gasteiger partial charge in [-0.15, -0.1) is 0 Å². The molecule has 0 aliphatic carbocycles. The number of hydrogen-bond donors (Lipinski definition) is 1. The number of nitrogens with one attached hydrogen (secondary N) is 1. The van der Waals surface area contributed by atoms with Crippen LogP contribution >= 0.6 is 0 Å². The first-order valence-electron chi connectivity index (χ1n) is 6.33. The second-order valence-corrected chi connectivity index (χ2v) is 4.37. The molecule has 1 atom stereocenters. The fourth-order valence-corrected chi connectivity index (χ4v) is 2.33. The van der Waals surface area contributed by atoms with E-state index >= 15 is 0 Å². The van der Waals surface area contributed by atoms with E-state index in [0.29, 0.717) is 0 Å². The Labute approximate surface area is 89.1 Å². The van der Waals surface area contributed by atoms with Crippen molar-refractivity contribution in [2.45, 2.75) is 52.0 Å². The number of unbranched alkanes of at least 4 members (excludes halogenated alkanes) is 1. The van der Waals surface area contributed by atoms with Crippen molar-refractivity contribution in [3.8, 4) is 0 Å². The predicted octanol–water partition coefficient (Wildman–Crippen LogP) is 2.25. The lowest BCUT2D eigenvalue weighted by molar-refractivity contribution is 0.154. The highest BCUT2D eigenvalue weighted by atomic mass is 15.2. The Morgan fingerprint density at radius 2 is 1.79 bits per heavy atom. The molecule has 0 bridgehead atoms. The van der Waals surface area contributed by atoms with E-state index in [9.17, 15) is 0 Å². The van der Waals surface area contributed by atoms with Gasteiger partial charge < -0.3 is 5.32 Å². The molecule has 1 rings (SSSR count). The molecule has 0 spiro atoms. The maximum absolute atomic E-state index is 3.43. The molecule has 0 aromatic heterocycles. The molecule has 0 aromatic rings. The molecular weight excluding hydrogens is 172 g/mol. The van der Waals surface area contributed by atoms with Gasteiger partial charge in [-0.1, -0.05) is 33.1 Å². The SMILES string of the molecule is CCCCC(CCC)N1CCNCC1. The van der Waals surface area contributed by atoms with E-state index in [2.05, 4.69) is 24.1 Å². The Bertz CT molecular complexity index is 130. The Hall–Kier alpha value is -0.0800. The molecule has 0 saturated carbocycles. The molecule has 0 aromatic carbocycles. The van der Waals surface area contributed by atoms with E-state index in [4.69, 9.17) is 0 Å². The zero-order chi connectivity index (χ0) is 10.2. The fourth-order valence-electron chi connectivity index (χ4n) is 2.33. The molecule has 2 heteroatoms.